The van der Waals surface area contributed by atoms with Crippen LogP contribution in [0.4, 0.5) is 0 Å². The van der Waals surface area contributed by atoms with Crippen molar-refractivity contribution in [3.63, 3.8) is 0 Å². The Morgan fingerprint density at radius 2 is 1.85 bits per heavy atom. The Hall–Kier alpha value is -2.62. The van der Waals surface area contributed by atoms with Gasteiger partial charge in [-0.2, -0.15) is 5.10 Å². The molecule has 0 amide bonds. The van der Waals surface area contributed by atoms with Gasteiger partial charge in [-0.1, -0.05) is 43.7 Å². The molecule has 1 saturated heterocycles. The molecule has 176 valence electrons. The molecule has 3 aromatic rings. The lowest BCUT2D eigenvalue weighted by Gasteiger charge is -2.35. The largest absolute Gasteiger partial charge is 0.299 e. The van der Waals surface area contributed by atoms with Crippen LogP contribution in [-0.4, -0.2) is 59.0 Å². The number of aryl methyl sites for hydroxylation is 1. The molecule has 0 saturated carbocycles. The van der Waals surface area contributed by atoms with Crippen LogP contribution in [0.5, 0.6) is 0 Å². The predicted molar refractivity (Wildman–Crippen MR) is 129 cm³/mol. The van der Waals surface area contributed by atoms with Crippen molar-refractivity contribution in [2.24, 2.45) is 0 Å². The highest BCUT2D eigenvalue weighted by molar-refractivity contribution is 7.89. The lowest BCUT2D eigenvalue weighted by molar-refractivity contribution is 0.147. The summed E-state index contributed by atoms with van der Waals surface area (Å²) in [7, 11) is -3.69. The maximum atomic E-state index is 13.1. The van der Waals surface area contributed by atoms with Gasteiger partial charge in [0.05, 0.1) is 17.1 Å². The molecule has 1 N–H and O–H groups in total. The average Bonchev–Trinajstić information content (AvgIpc) is 3.14. The maximum Gasteiger partial charge on any atom is 0.244 e. The molecule has 0 bridgehead atoms. The average molecular weight is 469 g/mol. The Balaban J connectivity index is 1.49. The van der Waals surface area contributed by atoms with Gasteiger partial charge in [-0.25, -0.2) is 17.8 Å². The summed E-state index contributed by atoms with van der Waals surface area (Å²) in [6.07, 6.45) is 4.73. The summed E-state index contributed by atoms with van der Waals surface area (Å²) in [5, 5.41) is 13.1. The number of nitrogens with one attached hydrogen (secondary N) is 1. The summed E-state index contributed by atoms with van der Waals surface area (Å²) < 4.78 is 30.6. The molecular weight excluding hydrogens is 436 g/mol. The van der Waals surface area contributed by atoms with Gasteiger partial charge >= 0.3 is 0 Å². The van der Waals surface area contributed by atoms with E-state index >= 15 is 0 Å². The van der Waals surface area contributed by atoms with Crippen molar-refractivity contribution in [3.8, 4) is 17.1 Å². The van der Waals surface area contributed by atoms with Crippen LogP contribution in [0.3, 0.4) is 0 Å². The first kappa shape index (κ1) is 23.5. The van der Waals surface area contributed by atoms with Crippen LogP contribution < -0.4 is 4.72 Å². The molecule has 4 rings (SSSR count). The zero-order valence-corrected chi connectivity index (χ0v) is 20.3. The highest BCUT2D eigenvalue weighted by Gasteiger charge is 2.26. The first-order chi connectivity index (χ1) is 15.9. The van der Waals surface area contributed by atoms with E-state index in [1.165, 1.54) is 19.3 Å². The van der Waals surface area contributed by atoms with E-state index in [1.54, 1.807) is 24.6 Å². The Morgan fingerprint density at radius 1 is 1.06 bits per heavy atom. The van der Waals surface area contributed by atoms with Crippen molar-refractivity contribution < 1.29 is 8.42 Å². The Labute approximate surface area is 196 Å². The van der Waals surface area contributed by atoms with Gasteiger partial charge in [-0.15, -0.1) is 10.2 Å². The number of hydrogen-bond donors (Lipinski definition) is 1. The smallest absolute Gasteiger partial charge is 0.244 e. The van der Waals surface area contributed by atoms with E-state index in [9.17, 15) is 8.42 Å². The van der Waals surface area contributed by atoms with Crippen LogP contribution in [0, 0.1) is 13.8 Å². The van der Waals surface area contributed by atoms with Gasteiger partial charge < -0.3 is 0 Å². The third-order valence-corrected chi connectivity index (χ3v) is 8.05. The number of likely N-dealkylation sites (tertiary alicyclic amines) is 1. The van der Waals surface area contributed by atoms with Gasteiger partial charge in [-0.05, 0) is 51.8 Å². The van der Waals surface area contributed by atoms with Crippen molar-refractivity contribution in [1.29, 1.82) is 0 Å². The third-order valence-electron chi connectivity index (χ3n) is 6.34. The Kier molecular flexibility index (Phi) is 7.21. The van der Waals surface area contributed by atoms with Crippen LogP contribution in [-0.2, 0) is 10.0 Å². The second-order valence-corrected chi connectivity index (χ2v) is 10.2. The van der Waals surface area contributed by atoms with E-state index in [0.29, 0.717) is 29.8 Å². The van der Waals surface area contributed by atoms with Gasteiger partial charge in [0.2, 0.25) is 10.0 Å². The number of aromatic nitrogens is 4. The lowest BCUT2D eigenvalue weighted by Crippen LogP contribution is -2.43. The van der Waals surface area contributed by atoms with Crippen LogP contribution in [0.15, 0.2) is 47.4 Å². The molecule has 1 aliphatic rings. The highest BCUT2D eigenvalue weighted by Crippen LogP contribution is 2.23. The molecule has 1 fully saturated rings. The van der Waals surface area contributed by atoms with Crippen molar-refractivity contribution in [1.82, 2.24) is 29.6 Å². The minimum absolute atomic E-state index is 0.210. The monoisotopic (exact) mass is 468 g/mol. The quantitative estimate of drug-likeness (QED) is 0.544. The molecular formula is C24H32N6O2S. The summed E-state index contributed by atoms with van der Waals surface area (Å²) in [6.45, 7) is 7.79. The fourth-order valence-corrected chi connectivity index (χ4v) is 6.06. The summed E-state index contributed by atoms with van der Waals surface area (Å²) in [5.74, 6) is 0.482. The molecule has 8 nitrogen and oxygen atoms in total. The van der Waals surface area contributed by atoms with Crippen molar-refractivity contribution in [3.05, 3.63) is 53.9 Å². The van der Waals surface area contributed by atoms with E-state index in [0.717, 1.165) is 30.8 Å². The van der Waals surface area contributed by atoms with Crippen molar-refractivity contribution in [2.75, 3.05) is 19.6 Å². The van der Waals surface area contributed by atoms with E-state index in [1.807, 2.05) is 36.4 Å². The Bertz CT molecular complexity index is 1180. The molecule has 3 heterocycles. The standard InChI is InChI=1S/C24H32N6O2S/c1-4-21-12-8-9-16-29(21)17-15-25-33(31,32)24-18(2)28-30(19(24)3)23-14-13-22(26-27-23)20-10-6-5-7-11-20/h5-7,10-11,13-14,21,25H,4,8-9,12,15-17H2,1-3H3. The maximum absolute atomic E-state index is 13.1. The highest BCUT2D eigenvalue weighted by atomic mass is 32.2. The zero-order valence-electron chi connectivity index (χ0n) is 19.5. The predicted octanol–water partition coefficient (Wildman–Crippen LogP) is 3.49. The number of sulfonamides is 1. The van der Waals surface area contributed by atoms with Gasteiger partial charge in [-0.3, -0.25) is 4.90 Å². The van der Waals surface area contributed by atoms with Gasteiger partial charge in [0.15, 0.2) is 5.82 Å². The number of nitrogens with zero attached hydrogens (tertiary/aromatic N) is 5. The fourth-order valence-electron chi connectivity index (χ4n) is 4.65. The van der Waals surface area contributed by atoms with E-state index < -0.39 is 10.0 Å². The molecule has 33 heavy (non-hydrogen) atoms. The molecule has 1 aromatic carbocycles. The first-order valence-corrected chi connectivity index (χ1v) is 13.1. The van der Waals surface area contributed by atoms with E-state index in [4.69, 9.17) is 0 Å². The van der Waals surface area contributed by atoms with Crippen LogP contribution in [0.1, 0.15) is 44.0 Å². The first-order valence-electron chi connectivity index (χ1n) is 11.6. The number of rotatable bonds is 8. The third kappa shape index (κ3) is 5.15. The minimum atomic E-state index is -3.69. The summed E-state index contributed by atoms with van der Waals surface area (Å²) in [6, 6.07) is 14.0. The second-order valence-electron chi connectivity index (χ2n) is 8.55. The molecule has 9 heteroatoms. The summed E-state index contributed by atoms with van der Waals surface area (Å²) >= 11 is 0. The molecule has 0 radical (unpaired) electrons. The van der Waals surface area contributed by atoms with Gasteiger partial charge in [0.25, 0.3) is 0 Å². The van der Waals surface area contributed by atoms with Gasteiger partial charge in [0.1, 0.15) is 4.90 Å². The fraction of sp³-hybridized carbons (Fsp3) is 0.458. The number of piperidine rings is 1. The van der Waals surface area contributed by atoms with Gasteiger partial charge in [0, 0.05) is 24.7 Å². The number of benzene rings is 1. The molecule has 1 atom stereocenters. The summed E-state index contributed by atoms with van der Waals surface area (Å²) in [5.41, 5.74) is 2.68. The van der Waals surface area contributed by atoms with E-state index in [2.05, 4.69) is 31.8 Å². The lowest BCUT2D eigenvalue weighted by atomic mass is 10.0. The topological polar surface area (TPSA) is 93.0 Å². The minimum Gasteiger partial charge on any atom is -0.299 e. The molecule has 0 spiro atoms. The Morgan fingerprint density at radius 3 is 2.55 bits per heavy atom. The van der Waals surface area contributed by atoms with Crippen LogP contribution in [0.25, 0.3) is 17.1 Å². The van der Waals surface area contributed by atoms with Crippen molar-refractivity contribution in [2.45, 2.75) is 57.4 Å². The molecule has 0 aliphatic carbocycles. The SMILES string of the molecule is CCC1CCCCN1CCNS(=O)(=O)c1c(C)nn(-c2ccc(-c3ccccc3)nn2)c1C. The molecule has 1 unspecified atom stereocenters. The van der Waals surface area contributed by atoms with Crippen molar-refractivity contribution >= 4 is 10.0 Å². The normalized spacial score (nSPS) is 17.4. The van der Waals surface area contributed by atoms with Crippen LogP contribution >= 0.6 is 0 Å². The van der Waals surface area contributed by atoms with Crippen LogP contribution in [0.2, 0.25) is 0 Å². The zero-order chi connectivity index (χ0) is 23.4. The number of hydrogen-bond acceptors (Lipinski definition) is 6. The summed E-state index contributed by atoms with van der Waals surface area (Å²) in [4.78, 5) is 2.61. The molecule has 1 aliphatic heterocycles. The molecule has 2 aromatic heterocycles. The van der Waals surface area contributed by atoms with E-state index in [-0.39, 0.29) is 4.90 Å². The second kappa shape index (κ2) is 10.1.